The molecule has 1 aliphatic heterocycles. The molecule has 0 N–H and O–H groups in total. The molecular weight excluding hydrogens is 272 g/mol. The van der Waals surface area contributed by atoms with E-state index in [9.17, 15) is 4.79 Å². The third kappa shape index (κ3) is 1.97. The number of epoxide rings is 1. The summed E-state index contributed by atoms with van der Waals surface area (Å²) in [6.45, 7) is 1.31. The van der Waals surface area contributed by atoms with Crippen LogP contribution in [-0.2, 0) is 4.74 Å². The molecular formula is C16H12O3S. The number of fused-ring (bicyclic) bond motifs is 2. The van der Waals surface area contributed by atoms with E-state index in [-0.39, 0.29) is 11.5 Å². The molecule has 100 valence electrons. The van der Waals surface area contributed by atoms with Crippen LogP contribution in [0.2, 0.25) is 0 Å². The second-order valence-corrected chi connectivity index (χ2v) is 5.77. The first-order valence-electron chi connectivity index (χ1n) is 6.50. The fourth-order valence-electron chi connectivity index (χ4n) is 2.31. The maximum absolute atomic E-state index is 12.6. The third-order valence-corrected chi connectivity index (χ3v) is 4.38. The summed E-state index contributed by atoms with van der Waals surface area (Å²) < 4.78 is 12.0. The molecule has 4 heteroatoms. The third-order valence-electron chi connectivity index (χ3n) is 3.45. The van der Waals surface area contributed by atoms with Gasteiger partial charge in [0.05, 0.1) is 11.3 Å². The van der Waals surface area contributed by atoms with E-state index in [4.69, 9.17) is 9.47 Å². The number of ether oxygens (including phenoxy) is 2. The minimum atomic E-state index is 0.0642. The minimum absolute atomic E-state index is 0.0642. The number of benzene rings is 1. The molecule has 1 saturated heterocycles. The van der Waals surface area contributed by atoms with Crippen molar-refractivity contribution in [2.45, 2.75) is 6.10 Å². The van der Waals surface area contributed by atoms with E-state index < -0.39 is 0 Å². The van der Waals surface area contributed by atoms with E-state index in [0.717, 1.165) is 33.2 Å². The van der Waals surface area contributed by atoms with Gasteiger partial charge in [-0.1, -0.05) is 24.3 Å². The standard InChI is InChI=1S/C16H12O3S/c17-15-12-4-2-1-3-10(12)7-14(19-9-11-8-18-11)16-13(15)5-6-20-16/h1-7,11H,8-9H2. The van der Waals surface area contributed by atoms with Crippen LogP contribution in [0.5, 0.6) is 5.75 Å². The highest BCUT2D eigenvalue weighted by Gasteiger charge is 2.23. The largest absolute Gasteiger partial charge is 0.489 e. The van der Waals surface area contributed by atoms with Gasteiger partial charge >= 0.3 is 0 Å². The molecule has 1 atom stereocenters. The van der Waals surface area contributed by atoms with E-state index >= 15 is 0 Å². The van der Waals surface area contributed by atoms with Gasteiger partial charge in [0.2, 0.25) is 0 Å². The highest BCUT2D eigenvalue weighted by atomic mass is 32.1. The van der Waals surface area contributed by atoms with Gasteiger partial charge in [-0.2, -0.15) is 0 Å². The molecule has 3 aromatic rings. The molecule has 20 heavy (non-hydrogen) atoms. The Morgan fingerprint density at radius 1 is 1.25 bits per heavy atom. The molecule has 0 saturated carbocycles. The molecule has 0 aliphatic carbocycles. The van der Waals surface area contributed by atoms with Crippen molar-refractivity contribution in [2.75, 3.05) is 13.2 Å². The highest BCUT2D eigenvalue weighted by Crippen LogP contribution is 2.31. The van der Waals surface area contributed by atoms with Crippen molar-refractivity contribution < 1.29 is 9.47 Å². The summed E-state index contributed by atoms with van der Waals surface area (Å²) in [7, 11) is 0. The van der Waals surface area contributed by atoms with E-state index in [1.165, 1.54) is 11.3 Å². The fraction of sp³-hybridized carbons (Fsp3) is 0.188. The Morgan fingerprint density at radius 2 is 2.10 bits per heavy atom. The van der Waals surface area contributed by atoms with Crippen molar-refractivity contribution in [1.82, 2.24) is 0 Å². The van der Waals surface area contributed by atoms with Crippen LogP contribution >= 0.6 is 11.3 Å². The van der Waals surface area contributed by atoms with Crippen molar-refractivity contribution in [2.24, 2.45) is 0 Å². The number of hydrogen-bond acceptors (Lipinski definition) is 4. The summed E-state index contributed by atoms with van der Waals surface area (Å²) in [4.78, 5) is 12.6. The maximum Gasteiger partial charge on any atom is 0.195 e. The molecule has 1 aliphatic rings. The topological polar surface area (TPSA) is 38.8 Å². The molecule has 4 rings (SSSR count). The molecule has 0 amide bonds. The van der Waals surface area contributed by atoms with Crippen molar-refractivity contribution in [3.8, 4) is 5.75 Å². The summed E-state index contributed by atoms with van der Waals surface area (Å²) in [6.07, 6.45) is 0.202. The first-order chi connectivity index (χ1) is 9.83. The van der Waals surface area contributed by atoms with Crippen LogP contribution in [0, 0.1) is 0 Å². The quantitative estimate of drug-likeness (QED) is 0.693. The molecule has 2 heterocycles. The SMILES string of the molecule is O=c1c2ccccc2cc(OCC2CO2)c2sccc12. The molecule has 0 spiro atoms. The number of hydrogen-bond donors (Lipinski definition) is 0. The Labute approximate surface area is 119 Å². The predicted molar refractivity (Wildman–Crippen MR) is 80.8 cm³/mol. The molecule has 0 bridgehead atoms. The van der Waals surface area contributed by atoms with Crippen LogP contribution in [0.3, 0.4) is 0 Å². The van der Waals surface area contributed by atoms with Gasteiger partial charge in [-0.05, 0) is 22.9 Å². The summed E-state index contributed by atoms with van der Waals surface area (Å²) in [6, 6.07) is 11.5. The smallest absolute Gasteiger partial charge is 0.195 e. The zero-order chi connectivity index (χ0) is 13.5. The van der Waals surface area contributed by atoms with Crippen LogP contribution in [-0.4, -0.2) is 19.3 Å². The zero-order valence-corrected chi connectivity index (χ0v) is 11.5. The van der Waals surface area contributed by atoms with E-state index in [0.29, 0.717) is 6.61 Å². The molecule has 1 unspecified atom stereocenters. The Balaban J connectivity index is 2.01. The molecule has 3 nitrogen and oxygen atoms in total. The van der Waals surface area contributed by atoms with Gasteiger partial charge in [-0.15, -0.1) is 11.3 Å². The van der Waals surface area contributed by atoms with Crippen LogP contribution in [0.25, 0.3) is 20.9 Å². The first kappa shape index (κ1) is 11.9. The van der Waals surface area contributed by atoms with Gasteiger partial charge in [0.25, 0.3) is 0 Å². The second kappa shape index (κ2) is 4.58. The highest BCUT2D eigenvalue weighted by molar-refractivity contribution is 7.17. The van der Waals surface area contributed by atoms with Crippen molar-refractivity contribution in [3.05, 3.63) is 52.0 Å². The Morgan fingerprint density at radius 3 is 2.95 bits per heavy atom. The van der Waals surface area contributed by atoms with Gasteiger partial charge in [-0.25, -0.2) is 0 Å². The van der Waals surface area contributed by atoms with Crippen LogP contribution in [0.15, 0.2) is 46.6 Å². The molecule has 0 radical (unpaired) electrons. The van der Waals surface area contributed by atoms with Crippen molar-refractivity contribution in [3.63, 3.8) is 0 Å². The molecule has 1 aromatic heterocycles. The lowest BCUT2D eigenvalue weighted by molar-refractivity contribution is 0.266. The predicted octanol–water partition coefficient (Wildman–Crippen LogP) is 3.19. The lowest BCUT2D eigenvalue weighted by atomic mass is 10.2. The van der Waals surface area contributed by atoms with Crippen LogP contribution in [0.4, 0.5) is 0 Å². The van der Waals surface area contributed by atoms with Crippen molar-refractivity contribution >= 4 is 32.2 Å². The monoisotopic (exact) mass is 284 g/mol. The maximum atomic E-state index is 12.6. The van der Waals surface area contributed by atoms with E-state index in [1.807, 2.05) is 41.8 Å². The number of thiophene rings is 1. The fourth-order valence-corrected chi connectivity index (χ4v) is 3.18. The first-order valence-corrected chi connectivity index (χ1v) is 7.38. The average molecular weight is 284 g/mol. The summed E-state index contributed by atoms with van der Waals surface area (Å²) >= 11 is 1.54. The Bertz CT molecular complexity index is 849. The van der Waals surface area contributed by atoms with Gasteiger partial charge < -0.3 is 9.47 Å². The molecule has 1 fully saturated rings. The average Bonchev–Trinajstić information content (AvgIpc) is 3.19. The van der Waals surface area contributed by atoms with Gasteiger partial charge in [-0.3, -0.25) is 4.79 Å². The summed E-state index contributed by atoms with van der Waals surface area (Å²) in [5.41, 5.74) is 0.0642. The summed E-state index contributed by atoms with van der Waals surface area (Å²) in [5.74, 6) is 0.767. The van der Waals surface area contributed by atoms with Crippen LogP contribution < -0.4 is 10.2 Å². The minimum Gasteiger partial charge on any atom is -0.489 e. The lowest BCUT2D eigenvalue weighted by Crippen LogP contribution is -2.03. The van der Waals surface area contributed by atoms with Crippen molar-refractivity contribution in [1.29, 1.82) is 0 Å². The van der Waals surface area contributed by atoms with Gasteiger partial charge in [0.15, 0.2) is 5.43 Å². The van der Waals surface area contributed by atoms with Gasteiger partial charge in [0.1, 0.15) is 18.5 Å². The second-order valence-electron chi connectivity index (χ2n) is 4.85. The number of rotatable bonds is 3. The van der Waals surface area contributed by atoms with Crippen LogP contribution in [0.1, 0.15) is 0 Å². The Kier molecular flexibility index (Phi) is 2.72. The zero-order valence-electron chi connectivity index (χ0n) is 10.7. The van der Waals surface area contributed by atoms with Gasteiger partial charge in [0, 0.05) is 10.8 Å². The van der Waals surface area contributed by atoms with E-state index in [1.54, 1.807) is 0 Å². The summed E-state index contributed by atoms with van der Waals surface area (Å²) in [5, 5.41) is 4.30. The normalized spacial score (nSPS) is 17.5. The lowest BCUT2D eigenvalue weighted by Gasteiger charge is -2.02. The molecule has 2 aromatic carbocycles. The van der Waals surface area contributed by atoms with E-state index in [2.05, 4.69) is 0 Å². The Hall–Kier alpha value is -1.91.